The van der Waals surface area contributed by atoms with Crippen molar-refractivity contribution in [3.63, 3.8) is 0 Å². The molecule has 1 aliphatic heterocycles. The fraction of sp³-hybridized carbons (Fsp3) is 0.217. The molecule has 4 rings (SSSR count). The molecule has 1 saturated heterocycles. The predicted octanol–water partition coefficient (Wildman–Crippen LogP) is 2.06. The Hall–Kier alpha value is -3.69. The Labute approximate surface area is 184 Å². The smallest absolute Gasteiger partial charge is 0.259 e. The van der Waals surface area contributed by atoms with E-state index in [9.17, 15) is 14.0 Å². The third kappa shape index (κ3) is 5.13. The minimum atomic E-state index is -0.533. The zero-order chi connectivity index (χ0) is 22.3. The molecule has 1 atom stereocenters. The lowest BCUT2D eigenvalue weighted by Crippen LogP contribution is -2.43. The van der Waals surface area contributed by atoms with Gasteiger partial charge in [0.15, 0.2) is 5.82 Å². The van der Waals surface area contributed by atoms with E-state index in [0.717, 1.165) is 12.1 Å². The second-order valence-electron chi connectivity index (χ2n) is 7.31. The maximum Gasteiger partial charge on any atom is 0.259 e. The van der Waals surface area contributed by atoms with Crippen molar-refractivity contribution in [1.82, 2.24) is 26.1 Å². The summed E-state index contributed by atoms with van der Waals surface area (Å²) in [6.45, 7) is 1.02. The third-order valence-electron chi connectivity index (χ3n) is 5.08. The number of aromatic nitrogens is 2. The number of benzene rings is 2. The molecule has 2 amide bonds. The molecule has 0 aliphatic carbocycles. The average molecular weight is 434 g/mol. The molecular weight excluding hydrogens is 411 g/mol. The summed E-state index contributed by atoms with van der Waals surface area (Å²) in [5, 5.41) is 5.43. The van der Waals surface area contributed by atoms with E-state index in [1.54, 1.807) is 12.1 Å². The highest BCUT2D eigenvalue weighted by atomic mass is 19.1. The van der Waals surface area contributed by atoms with Gasteiger partial charge in [-0.15, -0.1) is 0 Å². The summed E-state index contributed by atoms with van der Waals surface area (Å²) in [5.74, 6) is -0.701. The van der Waals surface area contributed by atoms with Gasteiger partial charge in [0.25, 0.3) is 5.91 Å². The second-order valence-corrected chi connectivity index (χ2v) is 7.31. The Morgan fingerprint density at radius 1 is 1.09 bits per heavy atom. The van der Waals surface area contributed by atoms with E-state index >= 15 is 0 Å². The minimum absolute atomic E-state index is 0.0729. The molecule has 164 valence electrons. The molecule has 3 aromatic rings. The van der Waals surface area contributed by atoms with Crippen LogP contribution >= 0.6 is 0 Å². The number of para-hydroxylation sites is 1. The standard InChI is InChI=1S/C23H23FN6O2/c24-17-8-4-5-9-19(17)29-22(31)16-14-26-21(15-6-2-1-3-7-15)28-18(16)10-12-25-23(32)20-11-13-27-30-20/h1-9,14,20,27,30H,10-13H2,(H,25,32)(H,29,31). The van der Waals surface area contributed by atoms with Gasteiger partial charge in [-0.05, 0) is 18.6 Å². The van der Waals surface area contributed by atoms with Gasteiger partial charge in [-0.3, -0.25) is 15.0 Å². The monoisotopic (exact) mass is 434 g/mol. The number of hydrazine groups is 1. The van der Waals surface area contributed by atoms with Crippen molar-refractivity contribution in [2.24, 2.45) is 0 Å². The molecule has 2 heterocycles. The number of nitrogens with zero attached hydrogens (tertiary/aromatic N) is 2. The van der Waals surface area contributed by atoms with E-state index in [-0.39, 0.29) is 23.2 Å². The fourth-order valence-corrected chi connectivity index (χ4v) is 3.38. The summed E-state index contributed by atoms with van der Waals surface area (Å²) in [6, 6.07) is 15.0. The van der Waals surface area contributed by atoms with Gasteiger partial charge in [0, 0.05) is 31.3 Å². The number of carbonyl (C=O) groups excluding carboxylic acids is 2. The van der Waals surface area contributed by atoms with E-state index in [2.05, 4.69) is 31.5 Å². The van der Waals surface area contributed by atoms with Crippen LogP contribution in [-0.2, 0) is 11.2 Å². The molecule has 1 fully saturated rings. The van der Waals surface area contributed by atoms with Crippen LogP contribution in [-0.4, -0.2) is 40.9 Å². The van der Waals surface area contributed by atoms with Gasteiger partial charge in [0.2, 0.25) is 5.91 Å². The molecule has 1 unspecified atom stereocenters. The number of halogens is 1. The molecule has 32 heavy (non-hydrogen) atoms. The molecular formula is C23H23FN6O2. The van der Waals surface area contributed by atoms with E-state index in [4.69, 9.17) is 0 Å². The highest BCUT2D eigenvalue weighted by Crippen LogP contribution is 2.19. The Morgan fingerprint density at radius 3 is 2.62 bits per heavy atom. The Balaban J connectivity index is 1.54. The second kappa shape index (κ2) is 10.1. The maximum atomic E-state index is 14.0. The largest absolute Gasteiger partial charge is 0.354 e. The highest BCUT2D eigenvalue weighted by molar-refractivity contribution is 6.05. The molecule has 9 heteroatoms. The van der Waals surface area contributed by atoms with Gasteiger partial charge < -0.3 is 10.6 Å². The normalized spacial score (nSPS) is 15.3. The van der Waals surface area contributed by atoms with Gasteiger partial charge in [0.1, 0.15) is 11.9 Å². The first-order valence-electron chi connectivity index (χ1n) is 10.3. The summed E-state index contributed by atoms with van der Waals surface area (Å²) in [7, 11) is 0. The average Bonchev–Trinajstić information content (AvgIpc) is 3.36. The first-order chi connectivity index (χ1) is 15.6. The predicted molar refractivity (Wildman–Crippen MR) is 118 cm³/mol. The molecule has 1 aromatic heterocycles. The summed E-state index contributed by atoms with van der Waals surface area (Å²) >= 11 is 0. The van der Waals surface area contributed by atoms with Crippen molar-refractivity contribution in [3.05, 3.63) is 77.9 Å². The van der Waals surface area contributed by atoms with Crippen LogP contribution in [0.4, 0.5) is 10.1 Å². The maximum absolute atomic E-state index is 14.0. The summed E-state index contributed by atoms with van der Waals surface area (Å²) in [4.78, 5) is 34.0. The van der Waals surface area contributed by atoms with Crippen molar-refractivity contribution in [2.75, 3.05) is 18.4 Å². The number of anilines is 1. The van der Waals surface area contributed by atoms with E-state index in [1.165, 1.54) is 18.3 Å². The van der Waals surface area contributed by atoms with Crippen LogP contribution in [0.3, 0.4) is 0 Å². The van der Waals surface area contributed by atoms with Gasteiger partial charge in [-0.25, -0.2) is 19.8 Å². The third-order valence-corrected chi connectivity index (χ3v) is 5.08. The summed E-state index contributed by atoms with van der Waals surface area (Å²) in [5.41, 5.74) is 7.40. The van der Waals surface area contributed by atoms with Crippen molar-refractivity contribution >= 4 is 17.5 Å². The molecule has 0 radical (unpaired) electrons. The molecule has 4 N–H and O–H groups in total. The molecule has 0 saturated carbocycles. The highest BCUT2D eigenvalue weighted by Gasteiger charge is 2.22. The SMILES string of the molecule is O=C(Nc1ccccc1F)c1cnc(-c2ccccc2)nc1CCNC(=O)C1CCNN1. The Morgan fingerprint density at radius 2 is 1.88 bits per heavy atom. The number of hydrogen-bond acceptors (Lipinski definition) is 6. The number of hydrogen-bond donors (Lipinski definition) is 4. The Kier molecular flexibility index (Phi) is 6.78. The molecule has 0 spiro atoms. The van der Waals surface area contributed by atoms with E-state index in [0.29, 0.717) is 30.9 Å². The van der Waals surface area contributed by atoms with Crippen LogP contribution in [0, 0.1) is 5.82 Å². The number of carbonyl (C=O) groups is 2. The van der Waals surface area contributed by atoms with Crippen LogP contribution < -0.4 is 21.5 Å². The number of nitrogens with one attached hydrogen (secondary N) is 4. The van der Waals surface area contributed by atoms with Crippen molar-refractivity contribution < 1.29 is 14.0 Å². The van der Waals surface area contributed by atoms with Crippen LogP contribution in [0.5, 0.6) is 0 Å². The summed E-state index contributed by atoms with van der Waals surface area (Å²) < 4.78 is 14.0. The summed E-state index contributed by atoms with van der Waals surface area (Å²) in [6.07, 6.45) is 2.45. The van der Waals surface area contributed by atoms with Gasteiger partial charge >= 0.3 is 0 Å². The van der Waals surface area contributed by atoms with Crippen LogP contribution in [0.25, 0.3) is 11.4 Å². The van der Waals surface area contributed by atoms with Crippen molar-refractivity contribution in [3.8, 4) is 11.4 Å². The molecule has 8 nitrogen and oxygen atoms in total. The molecule has 1 aliphatic rings. The van der Waals surface area contributed by atoms with Crippen molar-refractivity contribution in [2.45, 2.75) is 18.9 Å². The van der Waals surface area contributed by atoms with Gasteiger partial charge in [-0.1, -0.05) is 42.5 Å². The van der Waals surface area contributed by atoms with Crippen LogP contribution in [0.15, 0.2) is 60.8 Å². The quantitative estimate of drug-likeness (QED) is 0.453. The Bertz CT molecular complexity index is 1100. The lowest BCUT2D eigenvalue weighted by atomic mass is 10.1. The van der Waals surface area contributed by atoms with Gasteiger partial charge in [0.05, 0.1) is 16.9 Å². The zero-order valence-corrected chi connectivity index (χ0v) is 17.3. The van der Waals surface area contributed by atoms with E-state index < -0.39 is 11.7 Å². The van der Waals surface area contributed by atoms with Gasteiger partial charge in [-0.2, -0.15) is 0 Å². The topological polar surface area (TPSA) is 108 Å². The number of rotatable bonds is 7. The number of amides is 2. The van der Waals surface area contributed by atoms with E-state index in [1.807, 2.05) is 30.3 Å². The van der Waals surface area contributed by atoms with Crippen LogP contribution in [0.1, 0.15) is 22.5 Å². The minimum Gasteiger partial charge on any atom is -0.354 e. The molecule has 0 bridgehead atoms. The lowest BCUT2D eigenvalue weighted by Gasteiger charge is -2.13. The fourth-order valence-electron chi connectivity index (χ4n) is 3.38. The first-order valence-corrected chi connectivity index (χ1v) is 10.3. The lowest BCUT2D eigenvalue weighted by molar-refractivity contribution is -0.122. The van der Waals surface area contributed by atoms with Crippen LogP contribution in [0.2, 0.25) is 0 Å². The zero-order valence-electron chi connectivity index (χ0n) is 17.3. The van der Waals surface area contributed by atoms with Crippen molar-refractivity contribution in [1.29, 1.82) is 0 Å². The first kappa shape index (κ1) is 21.5. The molecule has 2 aromatic carbocycles.